The molecule has 3 saturated heterocycles. The maximum atomic E-state index is 6.10. The van der Waals surface area contributed by atoms with Crippen LogP contribution in [0.15, 0.2) is 11.8 Å². The third-order valence-corrected chi connectivity index (χ3v) is 4.32. The molecule has 3 fully saturated rings. The minimum atomic E-state index is -0.658. The molecule has 4 atom stereocenters. The van der Waals surface area contributed by atoms with Crippen molar-refractivity contribution in [2.75, 3.05) is 13.2 Å². The van der Waals surface area contributed by atoms with Crippen molar-refractivity contribution in [1.29, 1.82) is 0 Å². The summed E-state index contributed by atoms with van der Waals surface area (Å²) in [5.41, 5.74) is 0. The van der Waals surface area contributed by atoms with Crippen molar-refractivity contribution in [3.05, 3.63) is 11.8 Å². The molecule has 0 unspecified atom stereocenters. The number of hydrogen-bond donors (Lipinski definition) is 0. The predicted molar refractivity (Wildman–Crippen MR) is 78.3 cm³/mol. The Morgan fingerprint density at radius 3 is 2.52 bits per heavy atom. The summed E-state index contributed by atoms with van der Waals surface area (Å²) in [6.45, 7) is 10.6. The predicted octanol–water partition coefficient (Wildman–Crippen LogP) is 1.65. The second kappa shape index (κ2) is 6.23. The van der Waals surface area contributed by atoms with Gasteiger partial charge in [0.1, 0.15) is 0 Å². The molecule has 0 spiro atoms. The van der Waals surface area contributed by atoms with Crippen LogP contribution in [0.25, 0.3) is 0 Å². The number of rotatable bonds is 4. The Kier molecular flexibility index (Phi) is 4.76. The molecule has 3 heterocycles. The summed E-state index contributed by atoms with van der Waals surface area (Å²) in [6, 6.07) is 0. The van der Waals surface area contributed by atoms with E-state index in [0.29, 0.717) is 23.5 Å². The van der Waals surface area contributed by atoms with Crippen molar-refractivity contribution in [3.63, 3.8) is 0 Å². The van der Waals surface area contributed by atoms with Gasteiger partial charge in [-0.25, -0.2) is 0 Å². The summed E-state index contributed by atoms with van der Waals surface area (Å²) < 4.78 is 35.9. The van der Waals surface area contributed by atoms with Crippen LogP contribution in [0.5, 0.6) is 0 Å². The Morgan fingerprint density at radius 1 is 1.17 bits per heavy atom. The first kappa shape index (κ1) is 17.6. The molecule has 130 valence electrons. The Bertz CT molecular complexity index is 515. The molecule has 3 rings (SSSR count). The molecule has 3 aliphatic heterocycles. The Morgan fingerprint density at radius 2 is 1.91 bits per heavy atom. The van der Waals surface area contributed by atoms with Gasteiger partial charge >= 0.3 is 144 Å². The molecule has 0 aromatic heterocycles. The Balaban J connectivity index is 1.81. The molecule has 0 aromatic carbocycles. The monoisotopic (exact) mass is 364 g/mol. The van der Waals surface area contributed by atoms with E-state index in [1.165, 1.54) is 0 Å². The van der Waals surface area contributed by atoms with E-state index in [9.17, 15) is 0 Å². The first-order valence-electron chi connectivity index (χ1n) is 7.93. The van der Waals surface area contributed by atoms with Crippen molar-refractivity contribution < 1.29 is 44.3 Å². The first-order valence-corrected chi connectivity index (χ1v) is 8.57. The SMILES string of the molecule is CCO[C](=[Cr])/C=C1/O[C@H]([C@@H]2COC(C)(C)O2)[C@@H]2OC(C)(C)O[C@H]12. The zero-order valence-corrected chi connectivity index (χ0v) is 15.4. The van der Waals surface area contributed by atoms with Crippen LogP contribution >= 0.6 is 0 Å². The molecule has 23 heavy (non-hydrogen) atoms. The van der Waals surface area contributed by atoms with Gasteiger partial charge in [0.2, 0.25) is 0 Å². The van der Waals surface area contributed by atoms with Gasteiger partial charge in [0.05, 0.1) is 0 Å². The van der Waals surface area contributed by atoms with Crippen LogP contribution in [0.4, 0.5) is 0 Å². The van der Waals surface area contributed by atoms with Crippen molar-refractivity contribution in [1.82, 2.24) is 0 Å². The second-order valence-electron chi connectivity index (χ2n) is 6.77. The van der Waals surface area contributed by atoms with E-state index in [1.54, 1.807) is 0 Å². The van der Waals surface area contributed by atoms with Crippen LogP contribution in [-0.2, 0) is 44.3 Å². The van der Waals surface area contributed by atoms with E-state index < -0.39 is 11.6 Å². The molecular weight excluding hydrogens is 340 g/mol. The number of hydrogen-bond acceptors (Lipinski definition) is 6. The van der Waals surface area contributed by atoms with Gasteiger partial charge < -0.3 is 0 Å². The third-order valence-electron chi connectivity index (χ3n) is 3.95. The average Bonchev–Trinajstić information content (AvgIpc) is 3.02. The van der Waals surface area contributed by atoms with Gasteiger partial charge in [-0.05, 0) is 0 Å². The normalized spacial score (nSPS) is 39.4. The average molecular weight is 364 g/mol. The topological polar surface area (TPSA) is 55.4 Å². The Labute approximate surface area is 145 Å². The summed E-state index contributed by atoms with van der Waals surface area (Å²) in [6.07, 6.45) is 0.855. The Hall–Kier alpha value is -0.258. The fourth-order valence-electron chi connectivity index (χ4n) is 3.12. The minimum absolute atomic E-state index is 0.197. The molecule has 6 nitrogen and oxygen atoms in total. The molecule has 0 saturated carbocycles. The second-order valence-corrected chi connectivity index (χ2v) is 7.40. The molecule has 0 aromatic rings. The summed E-state index contributed by atoms with van der Waals surface area (Å²) in [5.74, 6) is -0.568. The fraction of sp³-hybridized carbons (Fsp3) is 0.812. The van der Waals surface area contributed by atoms with Crippen LogP contribution in [0.3, 0.4) is 0 Å². The zero-order chi connectivity index (χ0) is 16.8. The molecule has 3 aliphatic rings. The number of fused-ring (bicyclic) bond motifs is 1. The van der Waals surface area contributed by atoms with Crippen LogP contribution < -0.4 is 0 Å². The summed E-state index contributed by atoms with van der Waals surface area (Å²) in [4.78, 5) is 0. The van der Waals surface area contributed by atoms with Crippen LogP contribution in [-0.4, -0.2) is 53.8 Å². The van der Waals surface area contributed by atoms with E-state index in [0.717, 1.165) is 0 Å². The quantitative estimate of drug-likeness (QED) is 0.756. The van der Waals surface area contributed by atoms with Crippen molar-refractivity contribution in [3.8, 4) is 0 Å². The standard InChI is InChI=1S/C16H24O6.Cr/c1-6-17-8-7-10-13-14(22-16(4,5)21-13)12(19-10)11-9-18-15(2,3)20-11;/h7,11-14H,6,9H2,1-5H3;/b10-7+;/t11-,12+,13+,14-;/m0./s1. The van der Waals surface area contributed by atoms with Gasteiger partial charge in [-0.15, -0.1) is 0 Å². The van der Waals surface area contributed by atoms with Crippen LogP contribution in [0, 0.1) is 0 Å². The zero-order valence-electron chi connectivity index (χ0n) is 14.2. The molecule has 0 amide bonds. The first-order chi connectivity index (χ1) is 10.7. The summed E-state index contributed by atoms with van der Waals surface area (Å²) >= 11 is 2.89. The molecule has 0 aliphatic carbocycles. The van der Waals surface area contributed by atoms with E-state index in [2.05, 4.69) is 15.9 Å². The van der Waals surface area contributed by atoms with Gasteiger partial charge in [0.25, 0.3) is 0 Å². The molecule has 7 heteroatoms. The van der Waals surface area contributed by atoms with Crippen molar-refractivity contribution >= 4 is 4.57 Å². The van der Waals surface area contributed by atoms with Gasteiger partial charge in [0, 0.05) is 0 Å². The van der Waals surface area contributed by atoms with Gasteiger partial charge in [-0.2, -0.15) is 0 Å². The van der Waals surface area contributed by atoms with Crippen molar-refractivity contribution in [2.45, 2.75) is 70.6 Å². The van der Waals surface area contributed by atoms with Gasteiger partial charge in [0.15, 0.2) is 0 Å². The fourth-order valence-corrected chi connectivity index (χ4v) is 3.49. The maximum absolute atomic E-state index is 6.10. The number of ether oxygens (including phenoxy) is 6. The van der Waals surface area contributed by atoms with Crippen LogP contribution in [0.2, 0.25) is 0 Å². The van der Waals surface area contributed by atoms with Gasteiger partial charge in [-0.3, -0.25) is 0 Å². The van der Waals surface area contributed by atoms with Crippen molar-refractivity contribution in [2.24, 2.45) is 0 Å². The van der Waals surface area contributed by atoms with Crippen LogP contribution in [0.1, 0.15) is 34.6 Å². The van der Waals surface area contributed by atoms with E-state index in [4.69, 9.17) is 28.4 Å². The molecular formula is C16H24CrO6. The van der Waals surface area contributed by atoms with E-state index in [-0.39, 0.29) is 24.4 Å². The summed E-state index contributed by atoms with van der Waals surface area (Å²) in [5, 5.41) is 0. The van der Waals surface area contributed by atoms with E-state index >= 15 is 0 Å². The molecule has 0 bridgehead atoms. The summed E-state index contributed by atoms with van der Waals surface area (Å²) in [7, 11) is 0. The molecule has 0 radical (unpaired) electrons. The van der Waals surface area contributed by atoms with Gasteiger partial charge in [-0.1, -0.05) is 0 Å². The van der Waals surface area contributed by atoms with E-state index in [1.807, 2.05) is 40.7 Å². The third kappa shape index (κ3) is 3.72. The molecule has 0 N–H and O–H groups in total.